The summed E-state index contributed by atoms with van der Waals surface area (Å²) in [6, 6.07) is 7.53. The second-order valence-electron chi connectivity index (χ2n) is 16.8. The standard InChI is InChI=1S/C40H61NO24S.C2H6.CH4O2.CH4O.CH4/c42-10-18-23(44)28(49)33(54)38(60-18)58-14-22-27(48)35(65-40-31(52)26(47)21(64-40)13-57-37-30(51)24(45)19(11-43)61-37)34(55)39(63-22)59-12-20-25(46)29(50)32(53)36(62-20)56-9-3-1-2-4-16-5-7-17(8-6-16)41-15-66;1-2;1-3-2;1-2;/h5-8,18-40,42-55H,1-4,9-14H2;1-2H3;2H,1H3;2H,1H3;1H4. The van der Waals surface area contributed by atoms with E-state index < -0.39 is 174 Å². The number of hydrogen-bond donors (Lipinski definition) is 16. The number of hydrogen-bond acceptors (Lipinski definition) is 29. The number of aliphatic hydroxyl groups is 15. The Labute approximate surface area is 433 Å². The molecule has 5 heterocycles. The molecule has 432 valence electrons. The average molecular weight is 1100 g/mol. The van der Waals surface area contributed by atoms with Crippen molar-refractivity contribution in [2.24, 2.45) is 4.99 Å². The Morgan fingerprint density at radius 2 is 0.865 bits per heavy atom. The van der Waals surface area contributed by atoms with Crippen LogP contribution < -0.4 is 0 Å². The fourth-order valence-electron chi connectivity index (χ4n) is 8.02. The van der Waals surface area contributed by atoms with E-state index in [4.69, 9.17) is 57.7 Å². The summed E-state index contributed by atoms with van der Waals surface area (Å²) in [6.45, 7) is 0.782. The van der Waals surface area contributed by atoms with Crippen molar-refractivity contribution in [2.75, 3.05) is 53.9 Å². The third-order valence-corrected chi connectivity index (χ3v) is 12.1. The van der Waals surface area contributed by atoms with Crippen LogP contribution in [0.3, 0.4) is 0 Å². The van der Waals surface area contributed by atoms with Gasteiger partial charge in [-0.05, 0) is 49.2 Å². The molecule has 5 fully saturated rings. The van der Waals surface area contributed by atoms with Gasteiger partial charge in [0.1, 0.15) is 110 Å². The molecule has 1 aromatic rings. The van der Waals surface area contributed by atoms with Crippen LogP contribution in [-0.4, -0.2) is 282 Å². The summed E-state index contributed by atoms with van der Waals surface area (Å²) in [5.41, 5.74) is 1.79. The largest absolute Gasteiger partial charge is 0.400 e. The van der Waals surface area contributed by atoms with Crippen molar-refractivity contribution < 1.29 is 134 Å². The molecule has 23 atom stereocenters. The Morgan fingerprint density at radius 3 is 1.34 bits per heavy atom. The van der Waals surface area contributed by atoms with E-state index in [-0.39, 0.29) is 14.0 Å². The van der Waals surface area contributed by atoms with E-state index in [0.29, 0.717) is 12.1 Å². The van der Waals surface area contributed by atoms with Gasteiger partial charge in [-0.2, -0.15) is 4.99 Å². The maximum atomic E-state index is 11.5. The van der Waals surface area contributed by atoms with E-state index in [9.17, 15) is 71.5 Å². The smallest absolute Gasteiger partial charge is 0.187 e. The van der Waals surface area contributed by atoms with Crippen LogP contribution in [0.2, 0.25) is 0 Å². The van der Waals surface area contributed by atoms with Crippen molar-refractivity contribution in [3.8, 4) is 0 Å². The highest BCUT2D eigenvalue weighted by atomic mass is 32.1. The van der Waals surface area contributed by atoms with E-state index in [1.54, 1.807) is 0 Å². The van der Waals surface area contributed by atoms with E-state index in [2.05, 4.69) is 27.3 Å². The van der Waals surface area contributed by atoms with Crippen molar-refractivity contribution in [3.05, 3.63) is 29.8 Å². The van der Waals surface area contributed by atoms with Crippen LogP contribution in [0.15, 0.2) is 29.3 Å². The maximum absolute atomic E-state index is 11.5. The zero-order valence-corrected chi connectivity index (χ0v) is 41.5. The predicted octanol–water partition coefficient (Wildman–Crippen LogP) is -5.10. The molecule has 6 rings (SSSR count). The quantitative estimate of drug-likeness (QED) is 0.0180. The maximum Gasteiger partial charge on any atom is 0.187 e. The molecule has 1 aromatic carbocycles. The summed E-state index contributed by atoms with van der Waals surface area (Å²) in [6.07, 6.45) is -35.1. The van der Waals surface area contributed by atoms with Gasteiger partial charge < -0.3 is 124 Å². The molecule has 5 saturated heterocycles. The number of isothiocyanates is 1. The minimum Gasteiger partial charge on any atom is -0.400 e. The SMILES string of the molecule is C.CC.CO.COO.OCC1OC(OCC2OC(OC3C(O)C(COC4OC(CO)C(O)C(O)C4O)OC(OCC4OC(OCCCCCc5ccc(N=C=S)cc5)C(O)C(O)C4O)C3O)C(O)C2O)C(O)C1O. The molecule has 0 aromatic heterocycles. The molecule has 0 aliphatic carbocycles. The topological polar surface area (TPSA) is 438 Å². The molecule has 29 heteroatoms. The van der Waals surface area contributed by atoms with Gasteiger partial charge in [0.15, 0.2) is 31.5 Å². The van der Waals surface area contributed by atoms with Crippen LogP contribution in [0.25, 0.3) is 0 Å². The Bertz CT molecular complexity index is 1690. The molecule has 0 bridgehead atoms. The predicted molar refractivity (Wildman–Crippen MR) is 253 cm³/mol. The van der Waals surface area contributed by atoms with Crippen molar-refractivity contribution in [1.29, 1.82) is 0 Å². The summed E-state index contributed by atoms with van der Waals surface area (Å²) in [5.74, 6) is 0. The molecular weight excluding hydrogens is 1020 g/mol. The van der Waals surface area contributed by atoms with Crippen LogP contribution in [-0.2, 0) is 58.7 Å². The lowest BCUT2D eigenvalue weighted by Crippen LogP contribution is -2.63. The highest BCUT2D eigenvalue weighted by Gasteiger charge is 2.54. The van der Waals surface area contributed by atoms with E-state index in [0.717, 1.165) is 31.9 Å². The number of unbranched alkanes of at least 4 members (excludes halogenated alkanes) is 2. The first-order valence-corrected chi connectivity index (χ1v) is 24.0. The fraction of sp³-hybridized carbons (Fsp3) is 0.844. The van der Waals surface area contributed by atoms with E-state index >= 15 is 0 Å². The molecule has 0 radical (unpaired) electrons. The summed E-state index contributed by atoms with van der Waals surface area (Å²) in [7, 11) is 2.18. The lowest BCUT2D eigenvalue weighted by molar-refractivity contribution is -0.355. The monoisotopic (exact) mass is 1100 g/mol. The lowest BCUT2D eigenvalue weighted by atomic mass is 9.97. The van der Waals surface area contributed by atoms with Gasteiger partial charge in [-0.15, -0.1) is 0 Å². The molecule has 0 spiro atoms. The molecular formula is C45H79NO27S. The van der Waals surface area contributed by atoms with Gasteiger partial charge in [-0.3, -0.25) is 5.26 Å². The lowest BCUT2D eigenvalue weighted by Gasteiger charge is -2.45. The van der Waals surface area contributed by atoms with Crippen LogP contribution >= 0.6 is 12.2 Å². The summed E-state index contributed by atoms with van der Waals surface area (Å²) >= 11 is 4.62. The number of aryl methyl sites for hydroxylation is 1. The number of benzene rings is 1. The second-order valence-corrected chi connectivity index (χ2v) is 17.0. The highest BCUT2D eigenvalue weighted by Crippen LogP contribution is 2.33. The Morgan fingerprint density at radius 1 is 0.500 bits per heavy atom. The van der Waals surface area contributed by atoms with Crippen molar-refractivity contribution in [2.45, 2.75) is 188 Å². The van der Waals surface area contributed by atoms with Crippen LogP contribution in [0.4, 0.5) is 5.69 Å². The first kappa shape index (κ1) is 68.0. The third-order valence-electron chi connectivity index (χ3n) is 12.0. The highest BCUT2D eigenvalue weighted by molar-refractivity contribution is 7.78. The van der Waals surface area contributed by atoms with Crippen LogP contribution in [0.5, 0.6) is 0 Å². The summed E-state index contributed by atoms with van der Waals surface area (Å²) < 4.78 is 56.2. The van der Waals surface area contributed by atoms with Gasteiger partial charge in [0.05, 0.1) is 51.0 Å². The average Bonchev–Trinajstić information content (AvgIpc) is 3.83. The van der Waals surface area contributed by atoms with Gasteiger partial charge in [0, 0.05) is 13.7 Å². The number of nitrogens with zero attached hydrogens (tertiary/aromatic N) is 1. The first-order valence-electron chi connectivity index (χ1n) is 23.6. The minimum absolute atomic E-state index is 0. The number of ether oxygens (including phenoxy) is 10. The number of aliphatic hydroxyl groups excluding tert-OH is 15. The Kier molecular flexibility index (Phi) is 31.9. The first-order chi connectivity index (χ1) is 35.0. The van der Waals surface area contributed by atoms with E-state index in [1.165, 1.54) is 7.11 Å². The molecule has 23 unspecified atom stereocenters. The number of aliphatic imine (C=N–C) groups is 1. The van der Waals surface area contributed by atoms with Gasteiger partial charge in [-0.1, -0.05) is 39.8 Å². The third kappa shape index (κ3) is 18.3. The number of rotatable bonds is 21. The molecule has 5 aliphatic heterocycles. The number of thiocarbonyl (C=S) groups is 1. The Hall–Kier alpha value is -2.06. The van der Waals surface area contributed by atoms with Crippen molar-refractivity contribution >= 4 is 23.1 Å². The zero-order valence-electron chi connectivity index (χ0n) is 40.7. The van der Waals surface area contributed by atoms with Crippen LogP contribution in [0, 0.1) is 0 Å². The van der Waals surface area contributed by atoms with Crippen molar-refractivity contribution in [3.63, 3.8) is 0 Å². The fourth-order valence-corrected chi connectivity index (χ4v) is 8.13. The molecule has 16 N–H and O–H groups in total. The van der Waals surface area contributed by atoms with E-state index in [1.807, 2.05) is 38.1 Å². The molecule has 0 saturated carbocycles. The van der Waals surface area contributed by atoms with Gasteiger partial charge in [0.2, 0.25) is 0 Å². The normalized spacial score (nSPS) is 39.7. The van der Waals surface area contributed by atoms with Gasteiger partial charge >= 0.3 is 0 Å². The minimum atomic E-state index is -1.97. The van der Waals surface area contributed by atoms with Crippen molar-refractivity contribution in [1.82, 2.24) is 0 Å². The zero-order chi connectivity index (χ0) is 54.5. The Balaban J connectivity index is 0.00000223. The van der Waals surface area contributed by atoms with Gasteiger partial charge in [-0.25, -0.2) is 4.89 Å². The molecule has 0 amide bonds. The van der Waals surface area contributed by atoms with Crippen LogP contribution in [0.1, 0.15) is 46.1 Å². The molecule has 5 aliphatic rings. The second kappa shape index (κ2) is 34.7. The summed E-state index contributed by atoms with van der Waals surface area (Å²) in [5, 5.41) is 163. The molecule has 28 nitrogen and oxygen atoms in total. The van der Waals surface area contributed by atoms with Gasteiger partial charge in [0.25, 0.3) is 0 Å². The summed E-state index contributed by atoms with van der Waals surface area (Å²) in [4.78, 5) is 7.18. The molecule has 74 heavy (non-hydrogen) atoms.